The van der Waals surface area contributed by atoms with Crippen molar-refractivity contribution in [3.63, 3.8) is 0 Å². The Morgan fingerprint density at radius 1 is 1.67 bits per heavy atom. The number of hydrogen-bond acceptors (Lipinski definition) is 3. The van der Waals surface area contributed by atoms with Gasteiger partial charge in [-0.25, -0.2) is 9.97 Å². The first-order valence-electron chi connectivity index (χ1n) is 2.38. The predicted octanol–water partition coefficient (Wildman–Crippen LogP) is 1.25. The Labute approximate surface area is 60.9 Å². The van der Waals surface area contributed by atoms with Crippen LogP contribution in [-0.4, -0.2) is 15.1 Å². The maximum absolute atomic E-state index is 8.90. The lowest BCUT2D eigenvalue weighted by Gasteiger charge is -1.94. The molecular formula is C5H5BrN2O. The Morgan fingerprint density at radius 2 is 2.33 bits per heavy atom. The summed E-state index contributed by atoms with van der Waals surface area (Å²) in [6.07, 6.45) is 1.35. The van der Waals surface area contributed by atoms with Gasteiger partial charge >= 0.3 is 0 Å². The van der Waals surface area contributed by atoms with E-state index in [-0.39, 0.29) is 5.75 Å². The van der Waals surface area contributed by atoms with E-state index >= 15 is 0 Å². The molecule has 48 valence electrons. The lowest BCUT2D eigenvalue weighted by Crippen LogP contribution is -1.85. The fourth-order valence-electron chi connectivity index (χ4n) is 0.432. The summed E-state index contributed by atoms with van der Waals surface area (Å²) in [5.41, 5.74) is 0.580. The minimum Gasteiger partial charge on any atom is -0.504 e. The minimum atomic E-state index is 0.123. The summed E-state index contributed by atoms with van der Waals surface area (Å²) in [6.45, 7) is 1.71. The van der Waals surface area contributed by atoms with E-state index < -0.39 is 0 Å². The molecule has 0 bridgehead atoms. The third kappa shape index (κ3) is 1.38. The van der Waals surface area contributed by atoms with Crippen LogP contribution in [0.2, 0.25) is 0 Å². The molecule has 4 heteroatoms. The molecule has 1 rings (SSSR count). The maximum atomic E-state index is 8.90. The molecule has 0 saturated carbocycles. The number of halogens is 1. The highest BCUT2D eigenvalue weighted by Crippen LogP contribution is 2.12. The smallest absolute Gasteiger partial charge is 0.197 e. The Bertz CT molecular complexity index is 226. The van der Waals surface area contributed by atoms with Gasteiger partial charge in [0.2, 0.25) is 0 Å². The van der Waals surface area contributed by atoms with Gasteiger partial charge in [-0.1, -0.05) is 0 Å². The van der Waals surface area contributed by atoms with E-state index in [1.807, 2.05) is 0 Å². The van der Waals surface area contributed by atoms with Crippen molar-refractivity contribution in [2.45, 2.75) is 6.92 Å². The van der Waals surface area contributed by atoms with Crippen LogP contribution in [-0.2, 0) is 0 Å². The van der Waals surface area contributed by atoms with Crippen molar-refractivity contribution in [2.24, 2.45) is 0 Å². The molecular weight excluding hydrogens is 184 g/mol. The lowest BCUT2D eigenvalue weighted by molar-refractivity contribution is 0.463. The van der Waals surface area contributed by atoms with Crippen molar-refractivity contribution >= 4 is 15.9 Å². The molecule has 1 heterocycles. The topological polar surface area (TPSA) is 46.0 Å². The predicted molar refractivity (Wildman–Crippen MR) is 36.1 cm³/mol. The number of aryl methyl sites for hydroxylation is 1. The number of aromatic hydroxyl groups is 1. The monoisotopic (exact) mass is 188 g/mol. The zero-order chi connectivity index (χ0) is 6.85. The van der Waals surface area contributed by atoms with E-state index in [2.05, 4.69) is 25.9 Å². The molecule has 0 amide bonds. The summed E-state index contributed by atoms with van der Waals surface area (Å²) in [7, 11) is 0. The van der Waals surface area contributed by atoms with Crippen LogP contribution in [0.1, 0.15) is 5.69 Å². The minimum absolute atomic E-state index is 0.123. The average Bonchev–Trinajstić information content (AvgIpc) is 1.80. The number of hydrogen-bond donors (Lipinski definition) is 1. The normalized spacial score (nSPS) is 9.56. The molecule has 0 radical (unpaired) electrons. The van der Waals surface area contributed by atoms with E-state index in [9.17, 15) is 0 Å². The van der Waals surface area contributed by atoms with Gasteiger partial charge in [-0.15, -0.1) is 0 Å². The molecule has 0 fully saturated rings. The zero-order valence-corrected chi connectivity index (χ0v) is 6.38. The molecule has 1 aromatic heterocycles. The summed E-state index contributed by atoms with van der Waals surface area (Å²) >= 11 is 3.06. The van der Waals surface area contributed by atoms with Gasteiger partial charge in [-0.3, -0.25) is 0 Å². The molecule has 0 aromatic carbocycles. The summed E-state index contributed by atoms with van der Waals surface area (Å²) in [4.78, 5) is 7.52. The summed E-state index contributed by atoms with van der Waals surface area (Å²) in [5, 5.41) is 8.90. The number of rotatable bonds is 0. The fourth-order valence-corrected chi connectivity index (χ4v) is 0.801. The van der Waals surface area contributed by atoms with Gasteiger partial charge in [0, 0.05) is 0 Å². The number of aromatic nitrogens is 2. The van der Waals surface area contributed by atoms with E-state index in [0.29, 0.717) is 10.4 Å². The van der Waals surface area contributed by atoms with Crippen molar-refractivity contribution in [3.05, 3.63) is 16.6 Å². The van der Waals surface area contributed by atoms with E-state index in [4.69, 9.17) is 5.11 Å². The van der Waals surface area contributed by atoms with Gasteiger partial charge in [-0.05, 0) is 22.9 Å². The Morgan fingerprint density at radius 3 is 2.78 bits per heavy atom. The molecule has 0 spiro atoms. The molecule has 3 nitrogen and oxygen atoms in total. The third-order valence-corrected chi connectivity index (χ3v) is 1.31. The SMILES string of the molecule is Cc1nc(Br)ncc1O. The largest absolute Gasteiger partial charge is 0.504 e. The van der Waals surface area contributed by atoms with Gasteiger partial charge in [0.05, 0.1) is 11.9 Å². The van der Waals surface area contributed by atoms with Crippen LogP contribution in [0.5, 0.6) is 5.75 Å². The highest BCUT2D eigenvalue weighted by atomic mass is 79.9. The first-order valence-corrected chi connectivity index (χ1v) is 3.17. The second kappa shape index (κ2) is 2.31. The maximum Gasteiger partial charge on any atom is 0.197 e. The summed E-state index contributed by atoms with van der Waals surface area (Å²) in [5.74, 6) is 0.123. The van der Waals surface area contributed by atoms with Crippen LogP contribution in [0.15, 0.2) is 10.9 Å². The first kappa shape index (κ1) is 6.48. The molecule has 9 heavy (non-hydrogen) atoms. The molecule has 0 atom stereocenters. The van der Waals surface area contributed by atoms with Gasteiger partial charge in [0.25, 0.3) is 0 Å². The van der Waals surface area contributed by atoms with E-state index in [0.717, 1.165) is 0 Å². The molecule has 0 unspecified atom stereocenters. The Kier molecular flexibility index (Phi) is 1.66. The molecule has 1 N–H and O–H groups in total. The molecule has 0 aliphatic rings. The summed E-state index contributed by atoms with van der Waals surface area (Å²) < 4.78 is 0.498. The van der Waals surface area contributed by atoms with Crippen LogP contribution in [0.25, 0.3) is 0 Å². The lowest BCUT2D eigenvalue weighted by atomic mass is 10.4. The van der Waals surface area contributed by atoms with Crippen molar-refractivity contribution in [1.82, 2.24) is 9.97 Å². The molecule has 1 aromatic rings. The van der Waals surface area contributed by atoms with Gasteiger partial charge in [-0.2, -0.15) is 0 Å². The Hall–Kier alpha value is -0.640. The van der Waals surface area contributed by atoms with Crippen molar-refractivity contribution in [1.29, 1.82) is 0 Å². The highest BCUT2D eigenvalue weighted by Gasteiger charge is 1.95. The Balaban J connectivity index is 3.17. The third-order valence-electron chi connectivity index (χ3n) is 0.924. The second-order valence-electron chi connectivity index (χ2n) is 1.61. The standard InChI is InChI=1S/C5H5BrN2O/c1-3-4(9)2-7-5(6)8-3/h2,9H,1H3. The molecule has 0 aliphatic carbocycles. The van der Waals surface area contributed by atoms with Gasteiger partial charge in [0.15, 0.2) is 10.5 Å². The van der Waals surface area contributed by atoms with Crippen molar-refractivity contribution < 1.29 is 5.11 Å². The summed E-state index contributed by atoms with van der Waals surface area (Å²) in [6, 6.07) is 0. The van der Waals surface area contributed by atoms with Crippen molar-refractivity contribution in [2.75, 3.05) is 0 Å². The van der Waals surface area contributed by atoms with Crippen LogP contribution < -0.4 is 0 Å². The number of nitrogens with zero attached hydrogens (tertiary/aromatic N) is 2. The quantitative estimate of drug-likeness (QED) is 0.624. The van der Waals surface area contributed by atoms with Crippen LogP contribution in [0.3, 0.4) is 0 Å². The second-order valence-corrected chi connectivity index (χ2v) is 2.32. The van der Waals surface area contributed by atoms with Crippen LogP contribution >= 0.6 is 15.9 Å². The zero-order valence-electron chi connectivity index (χ0n) is 4.80. The fraction of sp³-hybridized carbons (Fsp3) is 0.200. The average molecular weight is 189 g/mol. The first-order chi connectivity index (χ1) is 4.20. The van der Waals surface area contributed by atoms with Crippen molar-refractivity contribution in [3.8, 4) is 5.75 Å². The highest BCUT2D eigenvalue weighted by molar-refractivity contribution is 9.10. The van der Waals surface area contributed by atoms with E-state index in [1.165, 1.54) is 6.20 Å². The van der Waals surface area contributed by atoms with Gasteiger partial charge < -0.3 is 5.11 Å². The van der Waals surface area contributed by atoms with Crippen LogP contribution in [0, 0.1) is 6.92 Å². The molecule has 0 saturated heterocycles. The van der Waals surface area contributed by atoms with Gasteiger partial charge in [0.1, 0.15) is 0 Å². The van der Waals surface area contributed by atoms with E-state index in [1.54, 1.807) is 6.92 Å². The van der Waals surface area contributed by atoms with Crippen LogP contribution in [0.4, 0.5) is 0 Å². The molecule has 0 aliphatic heterocycles.